The van der Waals surface area contributed by atoms with Crippen molar-refractivity contribution in [3.05, 3.63) is 77.6 Å². The van der Waals surface area contributed by atoms with E-state index in [4.69, 9.17) is 5.10 Å². The topological polar surface area (TPSA) is 91.2 Å². The number of halogens is 3. The van der Waals surface area contributed by atoms with Gasteiger partial charge in [-0.3, -0.25) is 4.79 Å². The molecule has 0 radical (unpaired) electrons. The third kappa shape index (κ3) is 5.85. The summed E-state index contributed by atoms with van der Waals surface area (Å²) in [4.78, 5) is 25.4. The molecule has 12 heteroatoms. The monoisotopic (exact) mass is 550 g/mol. The molecule has 4 aromatic rings. The Morgan fingerprint density at radius 3 is 2.50 bits per heavy atom. The Morgan fingerprint density at radius 1 is 1.02 bits per heavy atom. The molecule has 2 aromatic carbocycles. The number of benzene rings is 2. The summed E-state index contributed by atoms with van der Waals surface area (Å²) in [6.07, 6.45) is -0.821. The number of carbonyl (C=O) groups is 1. The second-order valence-corrected chi connectivity index (χ2v) is 9.94. The Labute approximate surface area is 229 Å². The van der Waals surface area contributed by atoms with E-state index < -0.39 is 17.6 Å². The van der Waals surface area contributed by atoms with Crippen LogP contribution in [0.5, 0.6) is 0 Å². The molecular formula is C28H29F3N8O. The van der Waals surface area contributed by atoms with Gasteiger partial charge in [-0.1, -0.05) is 12.1 Å². The molecule has 2 N–H and O–H groups in total. The van der Waals surface area contributed by atoms with Crippen molar-refractivity contribution in [3.63, 3.8) is 0 Å². The number of hydrogen-bond acceptors (Lipinski definition) is 7. The van der Waals surface area contributed by atoms with Crippen molar-refractivity contribution in [3.8, 4) is 5.82 Å². The number of nitrogens with one attached hydrogen (secondary N) is 2. The molecule has 1 fully saturated rings. The number of anilines is 5. The predicted octanol–water partition coefficient (Wildman–Crippen LogP) is 5.65. The van der Waals surface area contributed by atoms with Crippen LogP contribution < -0.4 is 20.4 Å². The van der Waals surface area contributed by atoms with E-state index in [1.807, 2.05) is 56.1 Å². The second-order valence-electron chi connectivity index (χ2n) is 9.94. The number of amides is 1. The molecule has 2 aromatic heterocycles. The maximum atomic E-state index is 13.1. The molecular weight excluding hydrogens is 521 g/mol. The molecule has 1 amide bonds. The fraction of sp³-hybridized carbons (Fsp3) is 0.286. The Balaban J connectivity index is 1.45. The lowest BCUT2D eigenvalue weighted by Crippen LogP contribution is -2.18. The van der Waals surface area contributed by atoms with Crippen LogP contribution in [0.15, 0.2) is 60.9 Å². The van der Waals surface area contributed by atoms with Gasteiger partial charge in [-0.2, -0.15) is 17.9 Å². The molecule has 0 atom stereocenters. The van der Waals surface area contributed by atoms with E-state index in [-0.39, 0.29) is 5.56 Å². The van der Waals surface area contributed by atoms with Gasteiger partial charge >= 0.3 is 6.18 Å². The van der Waals surface area contributed by atoms with Crippen LogP contribution in [0.3, 0.4) is 0 Å². The van der Waals surface area contributed by atoms with E-state index in [2.05, 4.69) is 20.6 Å². The fourth-order valence-electron chi connectivity index (χ4n) is 4.18. The smallest absolute Gasteiger partial charge is 0.367 e. The van der Waals surface area contributed by atoms with Gasteiger partial charge < -0.3 is 20.4 Å². The molecule has 0 bridgehead atoms. The number of nitrogens with zero attached hydrogens (tertiary/aromatic N) is 6. The predicted molar refractivity (Wildman–Crippen MR) is 149 cm³/mol. The van der Waals surface area contributed by atoms with Gasteiger partial charge in [0.15, 0.2) is 11.6 Å². The molecule has 208 valence electrons. The number of rotatable bonds is 8. The van der Waals surface area contributed by atoms with Gasteiger partial charge in [-0.05, 0) is 55.7 Å². The molecule has 2 heterocycles. The molecule has 9 nitrogen and oxygen atoms in total. The molecule has 0 unspecified atom stereocenters. The lowest BCUT2D eigenvalue weighted by atomic mass is 10.1. The summed E-state index contributed by atoms with van der Waals surface area (Å²) in [5.74, 6) is 2.09. The highest BCUT2D eigenvalue weighted by Crippen LogP contribution is 2.34. The Morgan fingerprint density at radius 2 is 1.80 bits per heavy atom. The summed E-state index contributed by atoms with van der Waals surface area (Å²) in [6, 6.07) is 13.9. The average molecular weight is 551 g/mol. The maximum Gasteiger partial charge on any atom is 0.416 e. The Bertz CT molecular complexity index is 1540. The molecule has 0 spiro atoms. The average Bonchev–Trinajstić information content (AvgIpc) is 3.61. The quantitative estimate of drug-likeness (QED) is 0.293. The second kappa shape index (κ2) is 10.5. The van der Waals surface area contributed by atoms with Crippen molar-refractivity contribution >= 4 is 34.7 Å². The van der Waals surface area contributed by atoms with E-state index >= 15 is 0 Å². The first kappa shape index (κ1) is 27.0. The van der Waals surface area contributed by atoms with Crippen molar-refractivity contribution in [2.75, 3.05) is 41.6 Å². The summed E-state index contributed by atoms with van der Waals surface area (Å²) in [5.41, 5.74) is 1.15. The minimum Gasteiger partial charge on any atom is -0.367 e. The SMILES string of the molecule is Cc1ccc(NC(=O)c2cccc(C(F)(F)F)c2)cc1N(C)c1cc(N(C)C)nn1-c1cc(NC2CC2)ncn1. The van der Waals surface area contributed by atoms with Crippen LogP contribution in [0.1, 0.15) is 34.3 Å². The third-order valence-corrected chi connectivity index (χ3v) is 6.56. The number of aryl methyl sites for hydroxylation is 1. The molecule has 1 aliphatic carbocycles. The van der Waals surface area contributed by atoms with Crippen molar-refractivity contribution in [2.45, 2.75) is 32.0 Å². The van der Waals surface area contributed by atoms with Gasteiger partial charge in [0.2, 0.25) is 0 Å². The minimum atomic E-state index is -4.54. The van der Waals surface area contributed by atoms with E-state index in [9.17, 15) is 18.0 Å². The summed E-state index contributed by atoms with van der Waals surface area (Å²) in [7, 11) is 5.66. The number of carbonyl (C=O) groups excluding carboxylic acids is 1. The lowest BCUT2D eigenvalue weighted by Gasteiger charge is -2.23. The van der Waals surface area contributed by atoms with E-state index in [1.54, 1.807) is 16.8 Å². The van der Waals surface area contributed by atoms with Gasteiger partial charge in [0.25, 0.3) is 5.91 Å². The molecule has 0 saturated heterocycles. The van der Waals surface area contributed by atoms with Crippen molar-refractivity contribution in [1.82, 2.24) is 19.7 Å². The molecule has 0 aliphatic heterocycles. The highest BCUT2D eigenvalue weighted by molar-refractivity contribution is 6.04. The van der Waals surface area contributed by atoms with Gasteiger partial charge in [0.05, 0.1) is 5.56 Å². The molecule has 1 aliphatic rings. The highest BCUT2D eigenvalue weighted by atomic mass is 19.4. The van der Waals surface area contributed by atoms with Crippen molar-refractivity contribution < 1.29 is 18.0 Å². The van der Waals surface area contributed by atoms with Crippen LogP contribution in [0.25, 0.3) is 5.82 Å². The normalized spacial score (nSPS) is 13.2. The molecule has 40 heavy (non-hydrogen) atoms. The van der Waals surface area contributed by atoms with Crippen molar-refractivity contribution in [2.24, 2.45) is 0 Å². The van der Waals surface area contributed by atoms with Crippen LogP contribution >= 0.6 is 0 Å². The summed E-state index contributed by atoms with van der Waals surface area (Å²) < 4.78 is 41.1. The maximum absolute atomic E-state index is 13.1. The first-order valence-electron chi connectivity index (χ1n) is 12.7. The largest absolute Gasteiger partial charge is 0.416 e. The van der Waals surface area contributed by atoms with E-state index in [0.717, 1.165) is 42.0 Å². The van der Waals surface area contributed by atoms with Gasteiger partial charge in [-0.15, -0.1) is 5.10 Å². The number of hydrogen-bond donors (Lipinski definition) is 2. The lowest BCUT2D eigenvalue weighted by molar-refractivity contribution is -0.137. The van der Waals surface area contributed by atoms with Crippen molar-refractivity contribution in [1.29, 1.82) is 0 Å². The van der Waals surface area contributed by atoms with Gasteiger partial charge in [0.1, 0.15) is 18.0 Å². The van der Waals surface area contributed by atoms with Gasteiger partial charge in [0, 0.05) is 56.3 Å². The highest BCUT2D eigenvalue weighted by Gasteiger charge is 2.31. The van der Waals surface area contributed by atoms with E-state index in [1.165, 1.54) is 18.5 Å². The zero-order valence-corrected chi connectivity index (χ0v) is 22.5. The zero-order valence-electron chi connectivity index (χ0n) is 22.5. The fourth-order valence-corrected chi connectivity index (χ4v) is 4.18. The van der Waals surface area contributed by atoms with Crippen LogP contribution in [0, 0.1) is 6.92 Å². The summed E-state index contributed by atoms with van der Waals surface area (Å²) in [6.45, 7) is 1.93. The first-order valence-corrected chi connectivity index (χ1v) is 12.7. The minimum absolute atomic E-state index is 0.0848. The first-order chi connectivity index (χ1) is 19.0. The number of aromatic nitrogens is 4. The van der Waals surface area contributed by atoms with Gasteiger partial charge in [-0.25, -0.2) is 9.97 Å². The Hall–Kier alpha value is -4.61. The molecule has 5 rings (SSSR count). The van der Waals surface area contributed by atoms with Crippen LogP contribution in [0.2, 0.25) is 0 Å². The van der Waals surface area contributed by atoms with E-state index in [0.29, 0.717) is 29.2 Å². The third-order valence-electron chi connectivity index (χ3n) is 6.56. The summed E-state index contributed by atoms with van der Waals surface area (Å²) >= 11 is 0. The Kier molecular flexibility index (Phi) is 7.09. The zero-order chi connectivity index (χ0) is 28.6. The standard InChI is InChI=1S/C28H29F3N8O/c1-17-8-9-21(35-27(40)18-6-5-7-19(12-18)28(29,30)31)13-22(17)38(4)26-15-25(37(2)3)36-39(26)24-14-23(32-16-33-24)34-20-10-11-20/h5-9,12-16,20H,10-11H2,1-4H3,(H,35,40)(H,32,33,34). The number of alkyl halides is 3. The van der Waals surface area contributed by atoms with Crippen LogP contribution in [-0.2, 0) is 6.18 Å². The van der Waals surface area contributed by atoms with Crippen LogP contribution in [-0.4, -0.2) is 52.8 Å². The molecule has 1 saturated carbocycles. The van der Waals surface area contributed by atoms with Crippen LogP contribution in [0.4, 0.5) is 42.0 Å². The summed E-state index contributed by atoms with van der Waals surface area (Å²) in [5, 5.41) is 10.8.